The zero-order valence-electron chi connectivity index (χ0n) is 7.04. The Morgan fingerprint density at radius 3 is 2.93 bits per heavy atom. The molecule has 0 spiro atoms. The molecule has 0 amide bonds. The third-order valence-electron chi connectivity index (χ3n) is 1.66. The van der Waals surface area contributed by atoms with E-state index >= 15 is 0 Å². The molecular weight excluding hydrogens is 184 g/mol. The van der Waals surface area contributed by atoms with Crippen LogP contribution in [0.4, 0.5) is 0 Å². The maximum Gasteiger partial charge on any atom is 0.337 e. The van der Waals surface area contributed by atoms with E-state index in [2.05, 4.69) is 9.97 Å². The molecule has 5 heteroatoms. The number of pyridine rings is 1. The maximum atomic E-state index is 10.6. The van der Waals surface area contributed by atoms with Crippen LogP contribution in [0, 0.1) is 0 Å². The molecule has 0 aliphatic heterocycles. The highest BCUT2D eigenvalue weighted by molar-refractivity contribution is 5.88. The summed E-state index contributed by atoms with van der Waals surface area (Å²) < 4.78 is 5.01. The van der Waals surface area contributed by atoms with Crippen molar-refractivity contribution < 1.29 is 14.3 Å². The van der Waals surface area contributed by atoms with Gasteiger partial charge in [-0.3, -0.25) is 4.98 Å². The number of nitrogens with zero attached hydrogens (tertiary/aromatic N) is 2. The maximum absolute atomic E-state index is 10.6. The summed E-state index contributed by atoms with van der Waals surface area (Å²) in [5.74, 6) is -0.661. The number of carboxylic acid groups (broad SMARTS) is 1. The van der Waals surface area contributed by atoms with E-state index in [1.165, 1.54) is 30.9 Å². The molecule has 0 bridgehead atoms. The Balaban J connectivity index is 2.46. The van der Waals surface area contributed by atoms with Crippen LogP contribution in [-0.4, -0.2) is 21.0 Å². The van der Waals surface area contributed by atoms with Gasteiger partial charge in [0.15, 0.2) is 0 Å². The van der Waals surface area contributed by atoms with Crippen molar-refractivity contribution in [2.45, 2.75) is 0 Å². The minimum absolute atomic E-state index is 0.112. The first-order valence-corrected chi connectivity index (χ1v) is 3.85. The number of hydrogen-bond acceptors (Lipinski definition) is 4. The van der Waals surface area contributed by atoms with E-state index < -0.39 is 5.97 Å². The van der Waals surface area contributed by atoms with E-state index in [-0.39, 0.29) is 5.56 Å². The van der Waals surface area contributed by atoms with Gasteiger partial charge in [0.2, 0.25) is 5.89 Å². The van der Waals surface area contributed by atoms with Crippen LogP contribution in [0.15, 0.2) is 35.3 Å². The summed E-state index contributed by atoms with van der Waals surface area (Å²) in [7, 11) is 0. The third-order valence-corrected chi connectivity index (χ3v) is 1.66. The molecule has 2 rings (SSSR count). The number of oxazole rings is 1. The Morgan fingerprint density at radius 2 is 2.29 bits per heavy atom. The number of rotatable bonds is 2. The fourth-order valence-electron chi connectivity index (χ4n) is 1.04. The molecule has 70 valence electrons. The van der Waals surface area contributed by atoms with Crippen LogP contribution in [0.5, 0.6) is 0 Å². The second kappa shape index (κ2) is 3.29. The lowest BCUT2D eigenvalue weighted by atomic mass is 10.2. The monoisotopic (exact) mass is 190 g/mol. The summed E-state index contributed by atoms with van der Waals surface area (Å²) in [6.45, 7) is 0. The Hall–Kier alpha value is -2.17. The number of carbonyl (C=O) groups is 1. The predicted octanol–water partition coefficient (Wildman–Crippen LogP) is 1.43. The van der Waals surface area contributed by atoms with Crippen LogP contribution in [0.25, 0.3) is 11.5 Å². The Kier molecular flexibility index (Phi) is 1.98. The van der Waals surface area contributed by atoms with E-state index in [1.54, 1.807) is 0 Å². The standard InChI is InChI=1S/C9H6N2O3/c12-9(13)7-3-6(4-10-5-7)8-11-1-2-14-8/h1-5H,(H,12,13). The number of aromatic carboxylic acids is 1. The van der Waals surface area contributed by atoms with Crippen LogP contribution >= 0.6 is 0 Å². The highest BCUT2D eigenvalue weighted by Crippen LogP contribution is 2.16. The van der Waals surface area contributed by atoms with E-state index in [0.717, 1.165) is 0 Å². The van der Waals surface area contributed by atoms with Crippen molar-refractivity contribution in [2.24, 2.45) is 0 Å². The zero-order chi connectivity index (χ0) is 9.97. The van der Waals surface area contributed by atoms with Gasteiger partial charge in [-0.05, 0) is 6.07 Å². The quantitative estimate of drug-likeness (QED) is 0.775. The second-order valence-electron chi connectivity index (χ2n) is 2.60. The van der Waals surface area contributed by atoms with Crippen molar-refractivity contribution in [3.63, 3.8) is 0 Å². The van der Waals surface area contributed by atoms with E-state index in [1.807, 2.05) is 0 Å². The molecule has 0 radical (unpaired) electrons. The van der Waals surface area contributed by atoms with Gasteiger partial charge in [-0.2, -0.15) is 0 Å². The van der Waals surface area contributed by atoms with Gasteiger partial charge in [0, 0.05) is 12.4 Å². The van der Waals surface area contributed by atoms with Crippen molar-refractivity contribution >= 4 is 5.97 Å². The highest BCUT2D eigenvalue weighted by atomic mass is 16.4. The molecule has 0 fully saturated rings. The van der Waals surface area contributed by atoms with Gasteiger partial charge in [-0.15, -0.1) is 0 Å². The van der Waals surface area contributed by atoms with E-state index in [0.29, 0.717) is 11.5 Å². The zero-order valence-corrected chi connectivity index (χ0v) is 7.04. The van der Waals surface area contributed by atoms with Gasteiger partial charge >= 0.3 is 5.97 Å². The predicted molar refractivity (Wildman–Crippen MR) is 46.7 cm³/mol. The van der Waals surface area contributed by atoms with Gasteiger partial charge in [-0.1, -0.05) is 0 Å². The van der Waals surface area contributed by atoms with Gasteiger partial charge in [0.05, 0.1) is 17.3 Å². The summed E-state index contributed by atoms with van der Waals surface area (Å²) >= 11 is 0. The molecule has 2 aromatic heterocycles. The Bertz CT molecular complexity index is 451. The molecule has 0 saturated carbocycles. The van der Waals surface area contributed by atoms with Gasteiger partial charge in [-0.25, -0.2) is 9.78 Å². The van der Waals surface area contributed by atoms with Crippen molar-refractivity contribution in [1.29, 1.82) is 0 Å². The number of aromatic nitrogens is 2. The fourth-order valence-corrected chi connectivity index (χ4v) is 1.04. The molecule has 14 heavy (non-hydrogen) atoms. The average molecular weight is 190 g/mol. The molecule has 0 saturated heterocycles. The molecule has 0 aliphatic rings. The van der Waals surface area contributed by atoms with Crippen LogP contribution in [0.2, 0.25) is 0 Å². The lowest BCUT2D eigenvalue weighted by Crippen LogP contribution is -1.97. The average Bonchev–Trinajstić information content (AvgIpc) is 2.71. The van der Waals surface area contributed by atoms with Crippen LogP contribution in [-0.2, 0) is 0 Å². The third kappa shape index (κ3) is 1.47. The van der Waals surface area contributed by atoms with Crippen LogP contribution in [0.1, 0.15) is 10.4 Å². The van der Waals surface area contributed by atoms with Gasteiger partial charge in [0.1, 0.15) is 6.26 Å². The molecule has 0 aromatic carbocycles. The summed E-state index contributed by atoms with van der Waals surface area (Å²) in [4.78, 5) is 18.3. The first-order valence-electron chi connectivity index (χ1n) is 3.85. The molecule has 5 nitrogen and oxygen atoms in total. The largest absolute Gasteiger partial charge is 0.478 e. The second-order valence-corrected chi connectivity index (χ2v) is 2.60. The van der Waals surface area contributed by atoms with E-state index in [9.17, 15) is 4.79 Å². The molecular formula is C9H6N2O3. The number of hydrogen-bond donors (Lipinski definition) is 1. The lowest BCUT2D eigenvalue weighted by molar-refractivity contribution is 0.0696. The fraction of sp³-hybridized carbons (Fsp3) is 0. The first-order chi connectivity index (χ1) is 6.77. The SMILES string of the molecule is O=C(O)c1cncc(-c2ncco2)c1. The topological polar surface area (TPSA) is 76.2 Å². The van der Waals surface area contributed by atoms with Crippen molar-refractivity contribution in [1.82, 2.24) is 9.97 Å². The van der Waals surface area contributed by atoms with Gasteiger partial charge < -0.3 is 9.52 Å². The lowest BCUT2D eigenvalue weighted by Gasteiger charge is -1.96. The highest BCUT2D eigenvalue weighted by Gasteiger charge is 2.07. The van der Waals surface area contributed by atoms with Crippen molar-refractivity contribution in [3.8, 4) is 11.5 Å². The Labute approximate surface area is 79.0 Å². The number of carboxylic acids is 1. The van der Waals surface area contributed by atoms with Crippen LogP contribution < -0.4 is 0 Å². The van der Waals surface area contributed by atoms with Crippen molar-refractivity contribution in [3.05, 3.63) is 36.5 Å². The minimum Gasteiger partial charge on any atom is -0.478 e. The van der Waals surface area contributed by atoms with Gasteiger partial charge in [0.25, 0.3) is 0 Å². The van der Waals surface area contributed by atoms with Crippen molar-refractivity contribution in [2.75, 3.05) is 0 Å². The summed E-state index contributed by atoms with van der Waals surface area (Å²) in [6.07, 6.45) is 5.68. The summed E-state index contributed by atoms with van der Waals surface area (Å²) in [5.41, 5.74) is 0.663. The molecule has 0 unspecified atom stereocenters. The van der Waals surface area contributed by atoms with E-state index in [4.69, 9.17) is 9.52 Å². The smallest absolute Gasteiger partial charge is 0.337 e. The minimum atomic E-state index is -1.02. The molecule has 0 atom stereocenters. The molecule has 2 aromatic rings. The molecule has 1 N–H and O–H groups in total. The van der Waals surface area contributed by atoms with Crippen LogP contribution in [0.3, 0.4) is 0 Å². The molecule has 0 aliphatic carbocycles. The Morgan fingerprint density at radius 1 is 1.43 bits per heavy atom. The normalized spacial score (nSPS) is 10.0. The summed E-state index contributed by atoms with van der Waals surface area (Å²) in [6, 6.07) is 1.46. The first kappa shape index (κ1) is 8.43. The summed E-state index contributed by atoms with van der Waals surface area (Å²) in [5, 5.41) is 8.72. The molecule has 2 heterocycles.